The normalized spacial score (nSPS) is 9.55. The van der Waals surface area contributed by atoms with E-state index in [-0.39, 0.29) is 22.8 Å². The molecule has 0 aromatic carbocycles. The first-order chi connectivity index (χ1) is 5.11. The molecule has 1 aromatic rings. The highest BCUT2D eigenvalue weighted by atomic mass is 16.3. The van der Waals surface area contributed by atoms with Crippen LogP contribution in [0.15, 0.2) is 12.1 Å². The lowest BCUT2D eigenvalue weighted by Gasteiger charge is -1.99. The lowest BCUT2D eigenvalue weighted by molar-refractivity contribution is 0.101. The van der Waals surface area contributed by atoms with Crippen molar-refractivity contribution in [3.05, 3.63) is 17.8 Å². The molecule has 1 aromatic heterocycles. The minimum Gasteiger partial charge on any atom is -0.506 e. The molecule has 0 amide bonds. The topological polar surface area (TPSA) is 50.2 Å². The van der Waals surface area contributed by atoms with Gasteiger partial charge in [-0.15, -0.1) is 0 Å². The number of carbonyl (C=O) groups excluding carboxylic acids is 1. The molecule has 1 N–H and O–H groups in total. The summed E-state index contributed by atoms with van der Waals surface area (Å²) in [7, 11) is 5.29. The molecule has 0 aliphatic rings. The van der Waals surface area contributed by atoms with Crippen molar-refractivity contribution < 1.29 is 9.90 Å². The number of hydrogen-bond donors (Lipinski definition) is 1. The van der Waals surface area contributed by atoms with E-state index in [1.165, 1.54) is 19.1 Å². The molecule has 0 aliphatic carbocycles. The van der Waals surface area contributed by atoms with Crippen LogP contribution in [0, 0.1) is 0 Å². The Balaban J connectivity index is 3.23. The minimum absolute atomic E-state index is 0.0185. The Hall–Kier alpha value is -1.32. The summed E-state index contributed by atoms with van der Waals surface area (Å²) in [6.45, 7) is 1.32. The molecule has 4 heteroatoms. The van der Waals surface area contributed by atoms with Crippen LogP contribution in [-0.2, 0) is 0 Å². The lowest BCUT2D eigenvalue weighted by Crippen LogP contribution is -2.12. The highest BCUT2D eigenvalue weighted by Crippen LogP contribution is 2.11. The molecule has 54 valence electrons. The third-order valence-electron chi connectivity index (χ3n) is 1.23. The van der Waals surface area contributed by atoms with Crippen molar-refractivity contribution in [1.29, 1.82) is 0 Å². The van der Waals surface area contributed by atoms with Gasteiger partial charge in [0, 0.05) is 6.92 Å². The standard InChI is InChI=1S/C7H6BNO2/c1-4(10)7-5(11)2-3-6(8)9-7/h2-3,11H,1H3. The van der Waals surface area contributed by atoms with E-state index in [9.17, 15) is 4.79 Å². The van der Waals surface area contributed by atoms with Gasteiger partial charge in [-0.05, 0) is 17.7 Å². The van der Waals surface area contributed by atoms with Gasteiger partial charge >= 0.3 is 0 Å². The Morgan fingerprint density at radius 1 is 1.64 bits per heavy atom. The number of aromatic nitrogens is 1. The van der Waals surface area contributed by atoms with Gasteiger partial charge in [-0.1, -0.05) is 0 Å². The molecule has 0 spiro atoms. The summed E-state index contributed by atoms with van der Waals surface area (Å²) in [6, 6.07) is 2.78. The molecule has 0 aliphatic heterocycles. The predicted octanol–water partition coefficient (Wildman–Crippen LogP) is -0.216. The number of aromatic hydroxyl groups is 1. The third-order valence-corrected chi connectivity index (χ3v) is 1.23. The summed E-state index contributed by atoms with van der Waals surface area (Å²) >= 11 is 0. The van der Waals surface area contributed by atoms with Gasteiger partial charge in [0.1, 0.15) is 19.3 Å². The fraction of sp³-hybridized carbons (Fsp3) is 0.143. The monoisotopic (exact) mass is 147 g/mol. The van der Waals surface area contributed by atoms with Crippen LogP contribution in [0.4, 0.5) is 0 Å². The molecule has 11 heavy (non-hydrogen) atoms. The average Bonchev–Trinajstić information content (AvgIpc) is 1.94. The maximum Gasteiger partial charge on any atom is 0.181 e. The van der Waals surface area contributed by atoms with Crippen molar-refractivity contribution in [3.63, 3.8) is 0 Å². The van der Waals surface area contributed by atoms with Gasteiger partial charge in [0.2, 0.25) is 0 Å². The summed E-state index contributed by atoms with van der Waals surface area (Å²) in [5, 5.41) is 9.07. The van der Waals surface area contributed by atoms with Crippen molar-refractivity contribution in [2.45, 2.75) is 6.92 Å². The number of Topliss-reactive ketones (excluding diaryl/α,β-unsaturated/α-hetero) is 1. The van der Waals surface area contributed by atoms with E-state index in [0.29, 0.717) is 0 Å². The highest BCUT2D eigenvalue weighted by Gasteiger charge is 2.06. The number of hydrogen-bond acceptors (Lipinski definition) is 3. The second kappa shape index (κ2) is 2.74. The number of rotatable bonds is 1. The van der Waals surface area contributed by atoms with Gasteiger partial charge in [0.05, 0.1) is 0 Å². The van der Waals surface area contributed by atoms with E-state index < -0.39 is 0 Å². The molecule has 0 bridgehead atoms. The van der Waals surface area contributed by atoms with Gasteiger partial charge < -0.3 is 5.11 Å². The zero-order valence-electron chi connectivity index (χ0n) is 6.03. The Bertz CT molecular complexity index is 298. The molecule has 0 atom stereocenters. The van der Waals surface area contributed by atoms with Crippen LogP contribution in [0.5, 0.6) is 5.75 Å². The van der Waals surface area contributed by atoms with E-state index in [4.69, 9.17) is 13.0 Å². The highest BCUT2D eigenvalue weighted by molar-refractivity contribution is 6.30. The molecule has 1 rings (SSSR count). The fourth-order valence-electron chi connectivity index (χ4n) is 0.726. The van der Waals surface area contributed by atoms with Gasteiger partial charge in [0.25, 0.3) is 0 Å². The predicted molar refractivity (Wildman–Crippen MR) is 41.3 cm³/mol. The van der Waals surface area contributed by atoms with Crippen LogP contribution in [0.1, 0.15) is 17.4 Å². The van der Waals surface area contributed by atoms with E-state index in [1.54, 1.807) is 0 Å². The number of ketones is 1. The smallest absolute Gasteiger partial charge is 0.181 e. The number of nitrogens with zero attached hydrogens (tertiary/aromatic N) is 1. The summed E-state index contributed by atoms with van der Waals surface area (Å²) in [5.74, 6) is -0.429. The Morgan fingerprint density at radius 3 is 2.73 bits per heavy atom. The molecular weight excluding hydrogens is 141 g/mol. The summed E-state index contributed by atoms with van der Waals surface area (Å²) in [6.07, 6.45) is 0. The molecule has 0 saturated carbocycles. The van der Waals surface area contributed by atoms with Gasteiger partial charge in [-0.25, -0.2) is 0 Å². The molecule has 0 fully saturated rings. The first-order valence-electron chi connectivity index (χ1n) is 3.07. The van der Waals surface area contributed by atoms with E-state index >= 15 is 0 Å². The maximum atomic E-state index is 10.7. The van der Waals surface area contributed by atoms with Crippen LogP contribution >= 0.6 is 0 Å². The zero-order chi connectivity index (χ0) is 8.43. The Kier molecular flexibility index (Phi) is 1.94. The summed E-state index contributed by atoms with van der Waals surface area (Å²) in [4.78, 5) is 14.4. The first kappa shape index (κ1) is 7.79. The van der Waals surface area contributed by atoms with Crippen molar-refractivity contribution in [2.75, 3.05) is 0 Å². The largest absolute Gasteiger partial charge is 0.506 e. The Morgan fingerprint density at radius 2 is 2.27 bits per heavy atom. The van der Waals surface area contributed by atoms with Crippen molar-refractivity contribution in [2.24, 2.45) is 0 Å². The quantitative estimate of drug-likeness (QED) is 0.441. The summed E-state index contributed by atoms with van der Waals surface area (Å²) in [5.41, 5.74) is 0.248. The summed E-state index contributed by atoms with van der Waals surface area (Å²) < 4.78 is 0. The van der Waals surface area contributed by atoms with Crippen molar-refractivity contribution in [1.82, 2.24) is 4.98 Å². The third kappa shape index (κ3) is 1.58. The van der Waals surface area contributed by atoms with Gasteiger partial charge in [-0.3, -0.25) is 9.78 Å². The van der Waals surface area contributed by atoms with Crippen molar-refractivity contribution >= 4 is 19.2 Å². The van der Waals surface area contributed by atoms with Crippen LogP contribution < -0.4 is 5.59 Å². The van der Waals surface area contributed by atoms with Gasteiger partial charge in [-0.2, -0.15) is 0 Å². The molecule has 0 saturated heterocycles. The van der Waals surface area contributed by atoms with Crippen LogP contribution in [0.25, 0.3) is 0 Å². The molecule has 1 heterocycles. The SMILES string of the molecule is [B]c1ccc(O)c(C(C)=O)n1. The molecule has 2 radical (unpaired) electrons. The molecule has 0 unspecified atom stereocenters. The zero-order valence-corrected chi connectivity index (χ0v) is 6.03. The number of pyridine rings is 1. The Labute approximate surface area is 65.5 Å². The number of carbonyl (C=O) groups is 1. The average molecular weight is 147 g/mol. The van der Waals surface area contributed by atoms with Crippen LogP contribution in [-0.4, -0.2) is 23.7 Å². The fourth-order valence-corrected chi connectivity index (χ4v) is 0.726. The molecule has 3 nitrogen and oxygen atoms in total. The van der Waals surface area contributed by atoms with Gasteiger partial charge in [0.15, 0.2) is 5.78 Å². The second-order valence-corrected chi connectivity index (χ2v) is 2.16. The first-order valence-corrected chi connectivity index (χ1v) is 3.07. The van der Waals surface area contributed by atoms with Crippen LogP contribution in [0.2, 0.25) is 0 Å². The molecular formula is C7H6BNO2. The van der Waals surface area contributed by atoms with E-state index in [0.717, 1.165) is 0 Å². The minimum atomic E-state index is -0.296. The van der Waals surface area contributed by atoms with E-state index in [2.05, 4.69) is 4.98 Å². The van der Waals surface area contributed by atoms with Crippen LogP contribution in [0.3, 0.4) is 0 Å². The second-order valence-electron chi connectivity index (χ2n) is 2.16. The maximum absolute atomic E-state index is 10.7. The van der Waals surface area contributed by atoms with Crippen molar-refractivity contribution in [3.8, 4) is 5.75 Å². The van der Waals surface area contributed by atoms with E-state index in [1.807, 2.05) is 0 Å². The lowest BCUT2D eigenvalue weighted by atomic mass is 10.0.